The van der Waals surface area contributed by atoms with Gasteiger partial charge in [-0.05, 0) is 68.7 Å². The minimum atomic E-state index is -1.15. The van der Waals surface area contributed by atoms with Gasteiger partial charge in [0.15, 0.2) is 5.82 Å². The molecule has 0 spiro atoms. The second kappa shape index (κ2) is 11.0. The van der Waals surface area contributed by atoms with E-state index in [1.54, 1.807) is 12.1 Å². The number of aromatic nitrogens is 2. The lowest BCUT2D eigenvalue weighted by atomic mass is 9.66. The van der Waals surface area contributed by atoms with Crippen LogP contribution < -0.4 is 0 Å². The van der Waals surface area contributed by atoms with Crippen molar-refractivity contribution in [3.05, 3.63) is 68.1 Å². The lowest BCUT2D eigenvalue weighted by Crippen LogP contribution is -2.42. The van der Waals surface area contributed by atoms with Crippen molar-refractivity contribution in [3.8, 4) is 11.3 Å². The van der Waals surface area contributed by atoms with E-state index < -0.39 is 17.4 Å². The number of fused-ring (bicyclic) bond motifs is 1. The van der Waals surface area contributed by atoms with Gasteiger partial charge in [0.2, 0.25) is 0 Å². The molecule has 6 nitrogen and oxygen atoms in total. The Kier molecular flexibility index (Phi) is 7.64. The fourth-order valence-corrected chi connectivity index (χ4v) is 8.49. The average molecular weight is 618 g/mol. The van der Waals surface area contributed by atoms with Crippen LogP contribution in [-0.2, 0) is 11.3 Å². The lowest BCUT2D eigenvalue weighted by molar-refractivity contribution is -0.0979. The van der Waals surface area contributed by atoms with Crippen molar-refractivity contribution in [1.29, 1.82) is 0 Å². The van der Waals surface area contributed by atoms with E-state index in [4.69, 9.17) is 32.5 Å². The molecule has 2 aromatic heterocycles. The van der Waals surface area contributed by atoms with E-state index in [1.807, 2.05) is 6.07 Å². The molecule has 2 aliphatic carbocycles. The number of nitrogens with zero attached hydrogens (tertiary/aromatic N) is 2. The molecule has 0 saturated heterocycles. The molecule has 1 N–H and O–H groups in total. The summed E-state index contributed by atoms with van der Waals surface area (Å²) in [5.74, 6) is 0.0364. The van der Waals surface area contributed by atoms with Crippen molar-refractivity contribution in [2.45, 2.75) is 76.9 Å². The molecular weight excluding hydrogens is 586 g/mol. The van der Waals surface area contributed by atoms with Crippen molar-refractivity contribution < 1.29 is 23.6 Å². The summed E-state index contributed by atoms with van der Waals surface area (Å²) in [4.78, 5) is 16.1. The van der Waals surface area contributed by atoms with Gasteiger partial charge in [-0.2, -0.15) is 0 Å². The standard InChI is InChI=1S/C31H31Cl2FN2O4S/c1-4-16-13-31(3,12-15(2)24(16)29-35-27-22(34)10-18(30(37)38)11-23(27)41-29)39-14-19-26(36-40-28(19)17-8-9-17)25-20(32)6-5-7-21(25)33/h5-7,10-11,15-17,24H,4,8-9,12-14H2,1-3H3,(H,37,38). The Morgan fingerprint density at radius 1 is 1.24 bits per heavy atom. The van der Waals surface area contributed by atoms with Gasteiger partial charge in [-0.3, -0.25) is 0 Å². The summed E-state index contributed by atoms with van der Waals surface area (Å²) in [6.45, 7) is 6.85. The van der Waals surface area contributed by atoms with Crippen molar-refractivity contribution in [2.24, 2.45) is 11.8 Å². The molecule has 4 aromatic rings. The van der Waals surface area contributed by atoms with Crippen LogP contribution in [0.15, 0.2) is 34.9 Å². The zero-order valence-electron chi connectivity index (χ0n) is 23.0. The number of halogens is 3. The first-order chi connectivity index (χ1) is 19.6. The van der Waals surface area contributed by atoms with Crippen molar-refractivity contribution in [1.82, 2.24) is 10.1 Å². The smallest absolute Gasteiger partial charge is 0.335 e. The Balaban J connectivity index is 1.26. The predicted octanol–water partition coefficient (Wildman–Crippen LogP) is 9.49. The van der Waals surface area contributed by atoms with Crippen LogP contribution in [0.5, 0.6) is 0 Å². The van der Waals surface area contributed by atoms with E-state index in [-0.39, 0.29) is 28.8 Å². The first kappa shape index (κ1) is 28.6. The van der Waals surface area contributed by atoms with Gasteiger partial charge in [0, 0.05) is 23.0 Å². The number of carboxylic acids is 1. The molecule has 216 valence electrons. The van der Waals surface area contributed by atoms with E-state index in [9.17, 15) is 14.3 Å². The highest BCUT2D eigenvalue weighted by Crippen LogP contribution is 2.51. The van der Waals surface area contributed by atoms with Gasteiger partial charge in [-0.1, -0.05) is 54.7 Å². The number of benzene rings is 2. The third-order valence-corrected chi connectivity index (χ3v) is 10.4. The second-order valence-corrected chi connectivity index (χ2v) is 13.6. The van der Waals surface area contributed by atoms with Crippen molar-refractivity contribution >= 4 is 50.7 Å². The molecule has 2 saturated carbocycles. The average Bonchev–Trinajstić information content (AvgIpc) is 3.53. The molecule has 10 heteroatoms. The number of hydrogen-bond donors (Lipinski definition) is 1. The monoisotopic (exact) mass is 616 g/mol. The van der Waals surface area contributed by atoms with E-state index in [0.717, 1.165) is 54.5 Å². The van der Waals surface area contributed by atoms with Gasteiger partial charge >= 0.3 is 5.97 Å². The maximum absolute atomic E-state index is 14.8. The third kappa shape index (κ3) is 5.40. The summed E-state index contributed by atoms with van der Waals surface area (Å²) in [7, 11) is 0. The van der Waals surface area contributed by atoms with Crippen LogP contribution in [-0.4, -0.2) is 26.8 Å². The van der Waals surface area contributed by atoms with Gasteiger partial charge in [0.25, 0.3) is 0 Å². The number of ether oxygens (including phenoxy) is 1. The number of carboxylic acid groups (broad SMARTS) is 1. The molecular formula is C31H31Cl2FN2O4S. The Bertz CT molecular complexity index is 1610. The van der Waals surface area contributed by atoms with Gasteiger partial charge in [-0.25, -0.2) is 14.2 Å². The summed E-state index contributed by atoms with van der Waals surface area (Å²) < 4.78 is 27.9. The fourth-order valence-electron chi connectivity index (χ4n) is 6.57. The summed E-state index contributed by atoms with van der Waals surface area (Å²) in [5, 5.41) is 15.7. The summed E-state index contributed by atoms with van der Waals surface area (Å²) in [6.07, 6.45) is 4.63. The molecule has 4 atom stereocenters. The van der Waals surface area contributed by atoms with Crippen LogP contribution in [0, 0.1) is 17.7 Å². The zero-order chi connectivity index (χ0) is 29.1. The largest absolute Gasteiger partial charge is 0.478 e. The fraction of sp³-hybridized carbons (Fsp3) is 0.452. The molecule has 2 aliphatic rings. The van der Waals surface area contributed by atoms with Crippen LogP contribution >= 0.6 is 34.5 Å². The Hall–Kier alpha value is -2.52. The highest BCUT2D eigenvalue weighted by atomic mass is 35.5. The maximum Gasteiger partial charge on any atom is 0.335 e. The zero-order valence-corrected chi connectivity index (χ0v) is 25.4. The van der Waals surface area contributed by atoms with E-state index in [1.165, 1.54) is 17.4 Å². The van der Waals surface area contributed by atoms with Gasteiger partial charge < -0.3 is 14.4 Å². The topological polar surface area (TPSA) is 85.5 Å². The SMILES string of the molecule is CCC1CC(C)(OCc2c(-c3c(Cl)cccc3Cl)noc2C2CC2)CC(C)C1c1nc2c(F)cc(C(=O)O)cc2s1. The van der Waals surface area contributed by atoms with Crippen LogP contribution in [0.1, 0.15) is 91.4 Å². The molecule has 2 fully saturated rings. The van der Waals surface area contributed by atoms with Gasteiger partial charge in [0.05, 0.1) is 37.5 Å². The lowest BCUT2D eigenvalue weighted by Gasteiger charge is -2.45. The number of rotatable bonds is 8. The highest BCUT2D eigenvalue weighted by molar-refractivity contribution is 7.18. The normalized spacial score (nSPS) is 24.7. The van der Waals surface area contributed by atoms with Crippen LogP contribution in [0.3, 0.4) is 0 Å². The molecule has 4 unspecified atom stereocenters. The first-order valence-electron chi connectivity index (χ1n) is 14.0. The molecule has 2 heterocycles. The quantitative estimate of drug-likeness (QED) is 0.212. The Morgan fingerprint density at radius 2 is 1.98 bits per heavy atom. The predicted molar refractivity (Wildman–Crippen MR) is 159 cm³/mol. The molecule has 41 heavy (non-hydrogen) atoms. The minimum Gasteiger partial charge on any atom is -0.478 e. The van der Waals surface area contributed by atoms with E-state index in [0.29, 0.717) is 38.5 Å². The highest BCUT2D eigenvalue weighted by Gasteiger charge is 2.44. The molecule has 0 bridgehead atoms. The number of thiazole rings is 1. The van der Waals surface area contributed by atoms with Gasteiger partial charge in [-0.15, -0.1) is 11.3 Å². The van der Waals surface area contributed by atoms with E-state index in [2.05, 4.69) is 30.9 Å². The maximum atomic E-state index is 14.8. The molecule has 0 radical (unpaired) electrons. The van der Waals surface area contributed by atoms with E-state index >= 15 is 0 Å². The summed E-state index contributed by atoms with van der Waals surface area (Å²) in [5.41, 5.74) is 1.97. The summed E-state index contributed by atoms with van der Waals surface area (Å²) in [6, 6.07) is 7.97. The number of hydrogen-bond acceptors (Lipinski definition) is 6. The second-order valence-electron chi connectivity index (χ2n) is 11.7. The number of aromatic carboxylic acids is 1. The van der Waals surface area contributed by atoms with Crippen molar-refractivity contribution in [2.75, 3.05) is 0 Å². The summed E-state index contributed by atoms with van der Waals surface area (Å²) >= 11 is 14.5. The molecule has 6 rings (SSSR count). The first-order valence-corrected chi connectivity index (χ1v) is 15.6. The Morgan fingerprint density at radius 3 is 2.63 bits per heavy atom. The van der Waals surface area contributed by atoms with Crippen LogP contribution in [0.25, 0.3) is 21.5 Å². The molecule has 0 amide bonds. The molecule has 0 aliphatic heterocycles. The Labute approximate surface area is 251 Å². The number of carbonyl (C=O) groups is 1. The molecule has 2 aromatic carbocycles. The minimum absolute atomic E-state index is 0.0633. The van der Waals surface area contributed by atoms with Crippen LogP contribution in [0.2, 0.25) is 10.0 Å². The van der Waals surface area contributed by atoms with Gasteiger partial charge in [0.1, 0.15) is 17.0 Å². The third-order valence-electron chi connectivity index (χ3n) is 8.62. The van der Waals surface area contributed by atoms with Crippen molar-refractivity contribution in [3.63, 3.8) is 0 Å². The van der Waals surface area contributed by atoms with Crippen LogP contribution in [0.4, 0.5) is 4.39 Å².